The summed E-state index contributed by atoms with van der Waals surface area (Å²) in [5.41, 5.74) is -1.14. The zero-order chi connectivity index (χ0) is 14.0. The molecule has 1 amide bonds. The second kappa shape index (κ2) is 5.42. The number of alkyl halides is 5. The minimum absolute atomic E-state index is 0.207. The lowest BCUT2D eigenvalue weighted by molar-refractivity contribution is -0.172. The molecule has 1 rings (SSSR count). The molecular weight excluding hydrogens is 278 g/mol. The van der Waals surface area contributed by atoms with Crippen molar-refractivity contribution in [1.29, 1.82) is 0 Å². The Morgan fingerprint density at radius 3 is 2.22 bits per heavy atom. The largest absolute Gasteiger partial charge is 0.383 e. The summed E-state index contributed by atoms with van der Waals surface area (Å²) in [6.45, 7) is 0. The summed E-state index contributed by atoms with van der Waals surface area (Å²) < 4.78 is 49.5. The van der Waals surface area contributed by atoms with Crippen LogP contribution in [-0.4, -0.2) is 35.5 Å². The van der Waals surface area contributed by atoms with E-state index in [1.54, 1.807) is 0 Å². The van der Waals surface area contributed by atoms with Gasteiger partial charge >= 0.3 is 12.3 Å². The third-order valence-electron chi connectivity index (χ3n) is 2.95. The summed E-state index contributed by atoms with van der Waals surface area (Å²) in [5, 5.41) is 1.87. The zero-order valence-electron chi connectivity index (χ0n) is 9.32. The molecule has 0 aromatic heterocycles. The molecule has 1 aliphatic rings. The third-order valence-corrected chi connectivity index (χ3v) is 3.25. The molecule has 1 N–H and O–H groups in total. The van der Waals surface area contributed by atoms with Gasteiger partial charge in [-0.2, -0.15) is 8.78 Å². The Hall–Kier alpha value is -0.850. The second-order valence-corrected chi connectivity index (χ2v) is 4.63. The van der Waals surface area contributed by atoms with Crippen molar-refractivity contribution in [2.24, 2.45) is 0 Å². The Balaban J connectivity index is 2.69. The van der Waals surface area contributed by atoms with E-state index >= 15 is 0 Å². The van der Waals surface area contributed by atoms with Crippen molar-refractivity contribution in [1.82, 2.24) is 5.32 Å². The van der Waals surface area contributed by atoms with Crippen molar-refractivity contribution in [3.05, 3.63) is 0 Å². The fraction of sp³-hybridized carbons (Fsp3) is 0.800. The summed E-state index contributed by atoms with van der Waals surface area (Å²) >= 11 is 5.29. The molecule has 1 saturated carbocycles. The lowest BCUT2D eigenvalue weighted by Gasteiger charge is -2.42. The number of ketones is 1. The van der Waals surface area contributed by atoms with Crippen molar-refractivity contribution in [3.8, 4) is 0 Å². The van der Waals surface area contributed by atoms with E-state index in [0.717, 1.165) is 0 Å². The van der Waals surface area contributed by atoms with E-state index in [2.05, 4.69) is 0 Å². The van der Waals surface area contributed by atoms with E-state index in [0.29, 0.717) is 19.3 Å². The van der Waals surface area contributed by atoms with Crippen LogP contribution < -0.4 is 5.32 Å². The second-order valence-electron chi connectivity index (χ2n) is 4.36. The predicted molar refractivity (Wildman–Crippen MR) is 56.0 cm³/mol. The van der Waals surface area contributed by atoms with Crippen LogP contribution in [0, 0.1) is 0 Å². The standard InChI is InChI=1S/C10H12ClF4NO2/c11-5-6(17)4-9(2-1-3-9)16-8(18)10(14,15)7(12)13/h7H,1-5H2,(H,16,18). The van der Waals surface area contributed by atoms with Gasteiger partial charge in [0.25, 0.3) is 5.91 Å². The van der Waals surface area contributed by atoms with Crippen LogP contribution in [0.2, 0.25) is 0 Å². The molecule has 0 unspecified atom stereocenters. The summed E-state index contributed by atoms with van der Waals surface area (Å²) in [7, 11) is 0. The van der Waals surface area contributed by atoms with Gasteiger partial charge in [0, 0.05) is 12.0 Å². The number of carbonyl (C=O) groups is 2. The van der Waals surface area contributed by atoms with Gasteiger partial charge in [0.1, 0.15) is 5.78 Å². The molecule has 0 saturated heterocycles. The summed E-state index contributed by atoms with van der Waals surface area (Å²) in [4.78, 5) is 22.3. The van der Waals surface area contributed by atoms with Gasteiger partial charge in [-0.25, -0.2) is 8.78 Å². The Morgan fingerprint density at radius 1 is 1.33 bits per heavy atom. The zero-order valence-corrected chi connectivity index (χ0v) is 10.1. The quantitative estimate of drug-likeness (QED) is 0.601. The first-order chi connectivity index (χ1) is 8.23. The number of halogens is 5. The molecule has 0 aromatic rings. The molecule has 0 atom stereocenters. The van der Waals surface area contributed by atoms with E-state index in [1.807, 2.05) is 5.32 Å². The highest BCUT2D eigenvalue weighted by molar-refractivity contribution is 6.27. The van der Waals surface area contributed by atoms with Gasteiger partial charge in [-0.3, -0.25) is 9.59 Å². The van der Waals surface area contributed by atoms with Crippen LogP contribution in [0.1, 0.15) is 25.7 Å². The smallest absolute Gasteiger partial charge is 0.345 e. The van der Waals surface area contributed by atoms with Crippen LogP contribution in [0.15, 0.2) is 0 Å². The Labute approximate surface area is 106 Å². The Bertz CT molecular complexity index is 345. The molecule has 1 fully saturated rings. The Morgan fingerprint density at radius 2 is 1.89 bits per heavy atom. The molecule has 0 heterocycles. The van der Waals surface area contributed by atoms with Crippen molar-refractivity contribution >= 4 is 23.3 Å². The van der Waals surface area contributed by atoms with Crippen molar-refractivity contribution in [3.63, 3.8) is 0 Å². The summed E-state index contributed by atoms with van der Waals surface area (Å²) in [6, 6.07) is 0. The molecule has 1 aliphatic carbocycles. The van der Waals surface area contributed by atoms with Crippen LogP contribution in [0.4, 0.5) is 17.6 Å². The molecule has 0 aromatic carbocycles. The first-order valence-electron chi connectivity index (χ1n) is 5.30. The molecular formula is C10H12ClF4NO2. The average molecular weight is 290 g/mol. The van der Waals surface area contributed by atoms with E-state index in [-0.39, 0.29) is 12.3 Å². The van der Waals surface area contributed by atoms with Crippen molar-refractivity contribution < 1.29 is 27.2 Å². The topological polar surface area (TPSA) is 46.2 Å². The number of Topliss-reactive ketones (excluding diaryl/α,β-unsaturated/α-hetero) is 1. The lowest BCUT2D eigenvalue weighted by atomic mass is 9.73. The maximum atomic E-state index is 12.8. The number of hydrogen-bond donors (Lipinski definition) is 1. The van der Waals surface area contributed by atoms with Crippen LogP contribution in [0.5, 0.6) is 0 Å². The normalized spacial score (nSPS) is 18.3. The van der Waals surface area contributed by atoms with Gasteiger partial charge in [0.05, 0.1) is 5.88 Å². The van der Waals surface area contributed by atoms with E-state index in [1.165, 1.54) is 0 Å². The SMILES string of the molecule is O=C(CCl)CC1(NC(=O)C(F)(F)C(F)F)CCC1. The van der Waals surface area contributed by atoms with E-state index in [4.69, 9.17) is 11.6 Å². The average Bonchev–Trinajstić information content (AvgIpc) is 2.25. The van der Waals surface area contributed by atoms with Crippen LogP contribution in [-0.2, 0) is 9.59 Å². The number of rotatable bonds is 6. The first-order valence-corrected chi connectivity index (χ1v) is 5.83. The van der Waals surface area contributed by atoms with Crippen LogP contribution >= 0.6 is 11.6 Å². The summed E-state index contributed by atoms with van der Waals surface area (Å²) in [5.74, 6) is -7.51. The van der Waals surface area contributed by atoms with E-state index in [9.17, 15) is 27.2 Å². The molecule has 3 nitrogen and oxygen atoms in total. The van der Waals surface area contributed by atoms with Gasteiger partial charge in [0.2, 0.25) is 0 Å². The molecule has 104 valence electrons. The van der Waals surface area contributed by atoms with Gasteiger partial charge in [0.15, 0.2) is 0 Å². The summed E-state index contributed by atoms with van der Waals surface area (Å²) in [6.07, 6.45) is -3.03. The van der Waals surface area contributed by atoms with E-state index < -0.39 is 29.6 Å². The molecule has 18 heavy (non-hydrogen) atoms. The number of carbonyl (C=O) groups excluding carboxylic acids is 2. The Kier molecular flexibility index (Phi) is 4.58. The highest BCUT2D eigenvalue weighted by Gasteiger charge is 2.52. The number of nitrogens with one attached hydrogen (secondary N) is 1. The van der Waals surface area contributed by atoms with Gasteiger partial charge < -0.3 is 5.32 Å². The van der Waals surface area contributed by atoms with Crippen molar-refractivity contribution in [2.45, 2.75) is 43.6 Å². The number of hydrogen-bond acceptors (Lipinski definition) is 2. The van der Waals surface area contributed by atoms with Crippen LogP contribution in [0.3, 0.4) is 0 Å². The maximum Gasteiger partial charge on any atom is 0.383 e. The lowest BCUT2D eigenvalue weighted by Crippen LogP contribution is -2.59. The highest BCUT2D eigenvalue weighted by atomic mass is 35.5. The number of amides is 1. The predicted octanol–water partition coefficient (Wildman–Crippen LogP) is 2.12. The monoisotopic (exact) mass is 289 g/mol. The molecule has 0 spiro atoms. The third kappa shape index (κ3) is 3.13. The molecule has 0 radical (unpaired) electrons. The fourth-order valence-electron chi connectivity index (χ4n) is 1.80. The van der Waals surface area contributed by atoms with Crippen molar-refractivity contribution in [2.75, 3.05) is 5.88 Å². The highest BCUT2D eigenvalue weighted by Crippen LogP contribution is 2.36. The van der Waals surface area contributed by atoms with Gasteiger partial charge in [-0.05, 0) is 19.3 Å². The maximum absolute atomic E-state index is 12.8. The minimum atomic E-state index is -4.74. The fourth-order valence-corrected chi connectivity index (χ4v) is 1.89. The van der Waals surface area contributed by atoms with Gasteiger partial charge in [-0.1, -0.05) is 0 Å². The molecule has 8 heteroatoms. The minimum Gasteiger partial charge on any atom is -0.345 e. The molecule has 0 bridgehead atoms. The van der Waals surface area contributed by atoms with Crippen LogP contribution in [0.25, 0.3) is 0 Å². The molecule has 0 aliphatic heterocycles. The van der Waals surface area contributed by atoms with Gasteiger partial charge in [-0.15, -0.1) is 11.6 Å². The first kappa shape index (κ1) is 15.2.